The molecule has 0 saturated heterocycles. The predicted octanol–water partition coefficient (Wildman–Crippen LogP) is 4.03. The monoisotopic (exact) mass is 424 g/mol. The minimum absolute atomic E-state index is 0.0780. The number of hydrogen-bond donors (Lipinski definition) is 1. The Morgan fingerprint density at radius 2 is 2.19 bits per heavy atom. The van der Waals surface area contributed by atoms with Crippen LogP contribution >= 0.6 is 15.9 Å². The number of aliphatic imine (C=N–C) groups is 1. The van der Waals surface area contributed by atoms with Crippen LogP contribution in [0.1, 0.15) is 32.3 Å². The fraction of sp³-hybridized carbons (Fsp3) is 0.526. The first-order valence-electron chi connectivity index (χ1n) is 8.32. The summed E-state index contributed by atoms with van der Waals surface area (Å²) in [5.41, 5.74) is -0.754. The van der Waals surface area contributed by atoms with Crippen molar-refractivity contribution in [2.75, 3.05) is 13.7 Å². The summed E-state index contributed by atoms with van der Waals surface area (Å²) in [4.78, 5) is 17.1. The standard InChI is InChI=1S/C19H22BrFN2O3/c1-10(2)19(18(24)25)16(9-26-4)23-11(3)14(8-22)17(19)13-6-5-12(20)7-15(13)21/h5-7,10,14,16-17H,9H2,1-4H3,(H,24,25). The molecule has 5 nitrogen and oxygen atoms in total. The Labute approximate surface area is 161 Å². The van der Waals surface area contributed by atoms with E-state index in [9.17, 15) is 19.6 Å². The van der Waals surface area contributed by atoms with Gasteiger partial charge in [0, 0.05) is 23.2 Å². The van der Waals surface area contributed by atoms with E-state index in [0.29, 0.717) is 10.2 Å². The molecule has 1 aromatic rings. The molecule has 7 heteroatoms. The van der Waals surface area contributed by atoms with Crippen LogP contribution in [-0.4, -0.2) is 36.5 Å². The van der Waals surface area contributed by atoms with Crippen LogP contribution in [0.3, 0.4) is 0 Å². The summed E-state index contributed by atoms with van der Waals surface area (Å²) in [6.45, 7) is 5.30. The molecule has 0 saturated carbocycles. The number of halogens is 2. The summed E-state index contributed by atoms with van der Waals surface area (Å²) in [6, 6.07) is 5.94. The van der Waals surface area contributed by atoms with Gasteiger partial charge in [0.1, 0.15) is 11.2 Å². The van der Waals surface area contributed by atoms with E-state index < -0.39 is 41.0 Å². The Morgan fingerprint density at radius 3 is 2.65 bits per heavy atom. The summed E-state index contributed by atoms with van der Waals surface area (Å²) >= 11 is 3.22. The van der Waals surface area contributed by atoms with Gasteiger partial charge in [0.25, 0.3) is 0 Å². The number of methoxy groups -OCH3 is 1. The molecule has 26 heavy (non-hydrogen) atoms. The molecule has 1 aliphatic rings. The SMILES string of the molecule is COCC1N=C(C)C(C#N)C(c2ccc(Br)cc2F)C1(C(=O)O)C(C)C. The predicted molar refractivity (Wildman–Crippen MR) is 99.6 cm³/mol. The lowest BCUT2D eigenvalue weighted by molar-refractivity contribution is -0.158. The fourth-order valence-electron chi connectivity index (χ4n) is 4.12. The van der Waals surface area contributed by atoms with Gasteiger partial charge in [-0.15, -0.1) is 0 Å². The van der Waals surface area contributed by atoms with E-state index in [-0.39, 0.29) is 12.2 Å². The Morgan fingerprint density at radius 1 is 1.54 bits per heavy atom. The zero-order chi connectivity index (χ0) is 19.6. The first-order chi connectivity index (χ1) is 12.2. The summed E-state index contributed by atoms with van der Waals surface area (Å²) < 4.78 is 20.6. The topological polar surface area (TPSA) is 82.7 Å². The third-order valence-electron chi connectivity index (χ3n) is 5.30. The van der Waals surface area contributed by atoms with Gasteiger partial charge in [0.2, 0.25) is 0 Å². The molecule has 0 radical (unpaired) electrons. The normalized spacial score (nSPS) is 28.5. The second-order valence-corrected chi connectivity index (χ2v) is 7.80. The largest absolute Gasteiger partial charge is 0.481 e. The maximum absolute atomic E-state index is 14.9. The van der Waals surface area contributed by atoms with Crippen molar-refractivity contribution in [3.8, 4) is 6.07 Å². The average molecular weight is 425 g/mol. The third-order valence-corrected chi connectivity index (χ3v) is 5.79. The van der Waals surface area contributed by atoms with Gasteiger partial charge < -0.3 is 9.84 Å². The molecule has 0 bridgehead atoms. The van der Waals surface area contributed by atoms with Gasteiger partial charge in [-0.1, -0.05) is 35.8 Å². The van der Waals surface area contributed by atoms with E-state index in [1.54, 1.807) is 32.9 Å². The Kier molecular flexibility index (Phi) is 6.20. The molecule has 4 unspecified atom stereocenters. The van der Waals surface area contributed by atoms with Crippen LogP contribution in [0, 0.1) is 34.4 Å². The number of ether oxygens (including phenoxy) is 1. The number of aliphatic carboxylic acids is 1. The summed E-state index contributed by atoms with van der Waals surface area (Å²) in [5.74, 6) is -3.76. The first-order valence-corrected chi connectivity index (χ1v) is 9.12. The maximum Gasteiger partial charge on any atom is 0.312 e. The van der Waals surface area contributed by atoms with Gasteiger partial charge in [-0.2, -0.15) is 5.26 Å². The number of benzene rings is 1. The average Bonchev–Trinajstić information content (AvgIpc) is 2.54. The fourth-order valence-corrected chi connectivity index (χ4v) is 4.45. The molecule has 0 aromatic heterocycles. The molecule has 1 aromatic carbocycles. The number of rotatable bonds is 5. The highest BCUT2D eigenvalue weighted by Crippen LogP contribution is 2.53. The summed E-state index contributed by atoms with van der Waals surface area (Å²) in [5, 5.41) is 20.0. The summed E-state index contributed by atoms with van der Waals surface area (Å²) in [7, 11) is 1.48. The lowest BCUT2D eigenvalue weighted by Gasteiger charge is -2.49. The van der Waals surface area contributed by atoms with Crippen LogP contribution in [-0.2, 0) is 9.53 Å². The van der Waals surface area contributed by atoms with E-state index in [1.807, 2.05) is 0 Å². The van der Waals surface area contributed by atoms with Crippen LogP contribution < -0.4 is 0 Å². The zero-order valence-corrected chi connectivity index (χ0v) is 16.7. The van der Waals surface area contributed by atoms with Crippen molar-refractivity contribution < 1.29 is 19.0 Å². The first kappa shape index (κ1) is 20.5. The molecule has 0 spiro atoms. The second kappa shape index (κ2) is 7.85. The van der Waals surface area contributed by atoms with Crippen molar-refractivity contribution in [1.29, 1.82) is 5.26 Å². The number of carbonyl (C=O) groups is 1. The highest BCUT2D eigenvalue weighted by molar-refractivity contribution is 9.10. The van der Waals surface area contributed by atoms with Gasteiger partial charge in [-0.05, 0) is 30.5 Å². The van der Waals surface area contributed by atoms with Crippen LogP contribution in [0.15, 0.2) is 27.7 Å². The summed E-state index contributed by atoms with van der Waals surface area (Å²) in [6.07, 6.45) is 0. The van der Waals surface area contributed by atoms with Gasteiger partial charge in [-0.3, -0.25) is 9.79 Å². The molecule has 1 aliphatic heterocycles. The quantitative estimate of drug-likeness (QED) is 0.773. The molecular formula is C19H22BrFN2O3. The number of nitriles is 1. The third kappa shape index (κ3) is 3.17. The van der Waals surface area contributed by atoms with Crippen LogP contribution in [0.2, 0.25) is 0 Å². The highest BCUT2D eigenvalue weighted by Gasteiger charge is 2.60. The molecule has 140 valence electrons. The van der Waals surface area contributed by atoms with Gasteiger partial charge in [-0.25, -0.2) is 4.39 Å². The molecule has 0 aliphatic carbocycles. The van der Waals surface area contributed by atoms with Gasteiger partial charge >= 0.3 is 5.97 Å². The molecule has 2 rings (SSSR count). The van der Waals surface area contributed by atoms with Crippen LogP contribution in [0.5, 0.6) is 0 Å². The van der Waals surface area contributed by atoms with Crippen molar-refractivity contribution in [1.82, 2.24) is 0 Å². The number of carboxylic acids is 1. The maximum atomic E-state index is 14.9. The van der Waals surface area contributed by atoms with E-state index in [2.05, 4.69) is 27.0 Å². The second-order valence-electron chi connectivity index (χ2n) is 6.88. The Bertz CT molecular complexity index is 775. The molecular weight excluding hydrogens is 403 g/mol. The van der Waals surface area contributed by atoms with Crippen LogP contribution in [0.4, 0.5) is 4.39 Å². The van der Waals surface area contributed by atoms with Crippen molar-refractivity contribution in [3.63, 3.8) is 0 Å². The van der Waals surface area contributed by atoms with E-state index in [4.69, 9.17) is 4.74 Å². The minimum Gasteiger partial charge on any atom is -0.481 e. The smallest absolute Gasteiger partial charge is 0.312 e. The van der Waals surface area contributed by atoms with Crippen LogP contribution in [0.25, 0.3) is 0 Å². The Balaban J connectivity index is 2.86. The number of carboxylic acid groups (broad SMARTS) is 1. The minimum atomic E-state index is -1.47. The van der Waals surface area contributed by atoms with E-state index in [1.165, 1.54) is 13.2 Å². The lowest BCUT2D eigenvalue weighted by Crippen LogP contribution is -2.57. The highest BCUT2D eigenvalue weighted by atomic mass is 79.9. The van der Waals surface area contributed by atoms with E-state index >= 15 is 0 Å². The van der Waals surface area contributed by atoms with Crippen molar-refractivity contribution >= 4 is 27.6 Å². The lowest BCUT2D eigenvalue weighted by atomic mass is 9.55. The van der Waals surface area contributed by atoms with Crippen molar-refractivity contribution in [2.24, 2.45) is 22.2 Å². The van der Waals surface area contributed by atoms with Crippen molar-refractivity contribution in [2.45, 2.75) is 32.7 Å². The van der Waals surface area contributed by atoms with Crippen molar-refractivity contribution in [3.05, 3.63) is 34.1 Å². The molecule has 0 fully saturated rings. The zero-order valence-electron chi connectivity index (χ0n) is 15.2. The number of nitrogens with zero attached hydrogens (tertiary/aromatic N) is 2. The van der Waals surface area contributed by atoms with E-state index in [0.717, 1.165) is 0 Å². The molecule has 1 heterocycles. The number of hydrogen-bond acceptors (Lipinski definition) is 4. The Hall–Kier alpha value is -1.78. The molecule has 1 N–H and O–H groups in total. The van der Waals surface area contributed by atoms with Gasteiger partial charge in [0.15, 0.2) is 0 Å². The molecule has 4 atom stereocenters. The molecule has 0 amide bonds. The van der Waals surface area contributed by atoms with Gasteiger partial charge in [0.05, 0.1) is 24.6 Å².